The fourth-order valence-electron chi connectivity index (χ4n) is 4.70. The number of ether oxygens (including phenoxy) is 2. The predicted molar refractivity (Wildman–Crippen MR) is 112 cm³/mol. The highest BCUT2D eigenvalue weighted by molar-refractivity contribution is 5.97. The predicted octanol–water partition coefficient (Wildman–Crippen LogP) is 2.74. The number of rotatable bonds is 6. The lowest BCUT2D eigenvalue weighted by molar-refractivity contribution is -0.143. The zero-order chi connectivity index (χ0) is 21.1. The lowest BCUT2D eigenvalue weighted by Crippen LogP contribution is -2.40. The molecule has 162 valence electrons. The monoisotopic (exact) mass is 413 g/mol. The van der Waals surface area contributed by atoms with Gasteiger partial charge in [0.25, 0.3) is 5.91 Å². The summed E-state index contributed by atoms with van der Waals surface area (Å²) in [5.74, 6) is -0.249. The lowest BCUT2D eigenvalue weighted by Gasteiger charge is -2.36. The second-order valence-electron chi connectivity index (χ2n) is 8.67. The molecule has 2 aliphatic heterocycles. The minimum atomic E-state index is -0.211. The van der Waals surface area contributed by atoms with Crippen molar-refractivity contribution in [3.63, 3.8) is 0 Å². The highest BCUT2D eigenvalue weighted by Gasteiger charge is 2.39. The Labute approximate surface area is 177 Å². The van der Waals surface area contributed by atoms with Crippen molar-refractivity contribution in [1.29, 1.82) is 0 Å². The maximum atomic E-state index is 12.8. The molecule has 1 spiro atoms. The molecule has 1 saturated heterocycles. The highest BCUT2D eigenvalue weighted by Crippen LogP contribution is 2.37. The van der Waals surface area contributed by atoms with E-state index in [4.69, 9.17) is 14.6 Å². The topological polar surface area (TPSA) is 82.5 Å². The third-order valence-corrected chi connectivity index (χ3v) is 6.47. The van der Waals surface area contributed by atoms with Crippen LogP contribution in [0.5, 0.6) is 0 Å². The number of nitrogens with one attached hydrogen (secondary N) is 1. The molecule has 1 aromatic heterocycles. The Morgan fingerprint density at radius 2 is 2.17 bits per heavy atom. The normalized spacial score (nSPS) is 20.3. The largest absolute Gasteiger partial charge is 0.463 e. The summed E-state index contributed by atoms with van der Waals surface area (Å²) in [7, 11) is 0. The van der Waals surface area contributed by atoms with E-state index in [-0.39, 0.29) is 23.9 Å². The summed E-state index contributed by atoms with van der Waals surface area (Å²) in [6, 6.07) is 0. The Bertz CT molecular complexity index is 891. The molecular formula is C23H31N3O4. The first kappa shape index (κ1) is 20.8. The van der Waals surface area contributed by atoms with Crippen molar-refractivity contribution in [2.24, 2.45) is 5.41 Å². The number of esters is 1. The van der Waals surface area contributed by atoms with E-state index in [9.17, 15) is 9.59 Å². The third kappa shape index (κ3) is 4.36. The number of carbonyl (C=O) groups is 2. The van der Waals surface area contributed by atoms with Crippen LogP contribution in [-0.4, -0.2) is 48.0 Å². The van der Waals surface area contributed by atoms with E-state index >= 15 is 0 Å². The zero-order valence-corrected chi connectivity index (χ0v) is 18.0. The molecular weight excluding hydrogens is 382 g/mol. The summed E-state index contributed by atoms with van der Waals surface area (Å²) < 4.78 is 12.9. The number of hydrogen-bond acceptors (Lipinski definition) is 5. The molecule has 1 aliphatic carbocycles. The van der Waals surface area contributed by atoms with Crippen LogP contribution in [0.3, 0.4) is 0 Å². The first-order valence-corrected chi connectivity index (χ1v) is 11.0. The van der Waals surface area contributed by atoms with Crippen molar-refractivity contribution in [2.45, 2.75) is 58.9 Å². The molecule has 0 aromatic carbocycles. The van der Waals surface area contributed by atoms with Gasteiger partial charge >= 0.3 is 5.97 Å². The van der Waals surface area contributed by atoms with Crippen LogP contribution >= 0.6 is 0 Å². The van der Waals surface area contributed by atoms with Gasteiger partial charge in [0, 0.05) is 19.8 Å². The average Bonchev–Trinajstić information content (AvgIpc) is 3.26. The van der Waals surface area contributed by atoms with Crippen LogP contribution in [0.25, 0.3) is 0 Å². The Morgan fingerprint density at radius 3 is 2.87 bits per heavy atom. The minimum Gasteiger partial charge on any atom is -0.463 e. The molecule has 3 aliphatic rings. The summed E-state index contributed by atoms with van der Waals surface area (Å²) in [5.41, 5.74) is 4.80. The van der Waals surface area contributed by atoms with Gasteiger partial charge < -0.3 is 14.8 Å². The molecule has 7 heteroatoms. The van der Waals surface area contributed by atoms with Gasteiger partial charge in [0.1, 0.15) is 6.61 Å². The first-order valence-electron chi connectivity index (χ1n) is 11.0. The standard InChI is InChI=1S/C23H31N3O4/c1-3-18-21-19(14-23(15-24-22(21)28)6-9-29-10-7-23)26(25-18)8-11-30-20(27)13-17-5-4-16(2)12-17/h4,12H,3,5-11,13-15H2,1-2H3,(H,24,28). The van der Waals surface area contributed by atoms with Gasteiger partial charge in [-0.3, -0.25) is 14.3 Å². The lowest BCUT2D eigenvalue weighted by atomic mass is 9.76. The van der Waals surface area contributed by atoms with Crippen LogP contribution in [0.1, 0.15) is 61.3 Å². The summed E-state index contributed by atoms with van der Waals surface area (Å²) in [4.78, 5) is 25.0. The number of hydrogen-bond donors (Lipinski definition) is 1. The van der Waals surface area contributed by atoms with Gasteiger partial charge in [-0.15, -0.1) is 0 Å². The summed E-state index contributed by atoms with van der Waals surface area (Å²) in [5, 5.41) is 7.83. The van der Waals surface area contributed by atoms with Crippen molar-refractivity contribution < 1.29 is 19.1 Å². The SMILES string of the molecule is CCc1nn(CCOC(=O)CC2=CC(C)=CC2)c2c1C(=O)NCC1(CCOCC1)C2. The average molecular weight is 414 g/mol. The summed E-state index contributed by atoms with van der Waals surface area (Å²) in [6.45, 7) is 6.89. The van der Waals surface area contributed by atoms with E-state index in [2.05, 4.69) is 11.4 Å². The second kappa shape index (κ2) is 8.76. The van der Waals surface area contributed by atoms with Crippen LogP contribution in [0.4, 0.5) is 0 Å². The molecule has 0 atom stereocenters. The molecule has 30 heavy (non-hydrogen) atoms. The van der Waals surface area contributed by atoms with Crippen LogP contribution < -0.4 is 5.32 Å². The van der Waals surface area contributed by atoms with E-state index < -0.39 is 0 Å². The van der Waals surface area contributed by atoms with E-state index in [1.54, 1.807) is 0 Å². The number of amides is 1. The van der Waals surface area contributed by atoms with Gasteiger partial charge in [0.15, 0.2) is 0 Å². The number of carbonyl (C=O) groups excluding carboxylic acids is 2. The van der Waals surface area contributed by atoms with Gasteiger partial charge in [0.05, 0.1) is 29.9 Å². The Balaban J connectivity index is 1.45. The van der Waals surface area contributed by atoms with Gasteiger partial charge in [0.2, 0.25) is 0 Å². The second-order valence-corrected chi connectivity index (χ2v) is 8.67. The first-order chi connectivity index (χ1) is 14.5. The van der Waals surface area contributed by atoms with Crippen molar-refractivity contribution >= 4 is 11.9 Å². The summed E-state index contributed by atoms with van der Waals surface area (Å²) >= 11 is 0. The Morgan fingerprint density at radius 1 is 1.37 bits per heavy atom. The molecule has 0 saturated carbocycles. The Kier molecular flexibility index (Phi) is 6.09. The number of aromatic nitrogens is 2. The maximum absolute atomic E-state index is 12.8. The van der Waals surface area contributed by atoms with Crippen molar-refractivity contribution in [1.82, 2.24) is 15.1 Å². The van der Waals surface area contributed by atoms with Gasteiger partial charge in [-0.05, 0) is 44.4 Å². The van der Waals surface area contributed by atoms with Gasteiger partial charge in [-0.2, -0.15) is 5.10 Å². The van der Waals surface area contributed by atoms with Gasteiger partial charge in [-0.25, -0.2) is 0 Å². The van der Waals surface area contributed by atoms with E-state index in [0.717, 1.165) is 55.9 Å². The van der Waals surface area contributed by atoms with Crippen molar-refractivity contribution in [3.8, 4) is 0 Å². The van der Waals surface area contributed by atoms with Crippen LogP contribution in [-0.2, 0) is 33.7 Å². The van der Waals surface area contributed by atoms with E-state index in [1.165, 1.54) is 5.57 Å². The minimum absolute atomic E-state index is 0.0123. The number of allylic oxidation sites excluding steroid dienone is 3. The zero-order valence-electron chi connectivity index (χ0n) is 18.0. The number of aryl methyl sites for hydroxylation is 1. The molecule has 0 radical (unpaired) electrons. The van der Waals surface area contributed by atoms with Crippen molar-refractivity contribution in [2.75, 3.05) is 26.4 Å². The molecule has 3 heterocycles. The highest BCUT2D eigenvalue weighted by atomic mass is 16.5. The molecule has 4 rings (SSSR count). The summed E-state index contributed by atoms with van der Waals surface area (Å²) in [6.07, 6.45) is 8.67. The van der Waals surface area contributed by atoms with Crippen LogP contribution in [0, 0.1) is 5.41 Å². The fourth-order valence-corrected chi connectivity index (χ4v) is 4.70. The smallest absolute Gasteiger partial charge is 0.309 e. The third-order valence-electron chi connectivity index (χ3n) is 6.47. The van der Waals surface area contributed by atoms with E-state index in [0.29, 0.717) is 31.5 Å². The Hall–Kier alpha value is -2.41. The fraction of sp³-hybridized carbons (Fsp3) is 0.609. The number of nitrogens with zero attached hydrogens (tertiary/aromatic N) is 2. The molecule has 1 aromatic rings. The molecule has 7 nitrogen and oxygen atoms in total. The number of fused-ring (bicyclic) bond motifs is 1. The van der Waals surface area contributed by atoms with Crippen LogP contribution in [0.15, 0.2) is 23.3 Å². The molecule has 0 bridgehead atoms. The van der Waals surface area contributed by atoms with Gasteiger partial charge in [-0.1, -0.05) is 30.2 Å². The maximum Gasteiger partial charge on any atom is 0.309 e. The van der Waals surface area contributed by atoms with E-state index in [1.807, 2.05) is 24.6 Å². The van der Waals surface area contributed by atoms with Crippen LogP contribution in [0.2, 0.25) is 0 Å². The molecule has 0 unspecified atom stereocenters. The molecule has 1 N–H and O–H groups in total. The molecule has 1 fully saturated rings. The quantitative estimate of drug-likeness (QED) is 0.725. The van der Waals surface area contributed by atoms with Crippen molar-refractivity contribution in [3.05, 3.63) is 40.2 Å². The molecule has 1 amide bonds.